The Morgan fingerprint density at radius 2 is 1.63 bits per heavy atom. The van der Waals surface area contributed by atoms with E-state index in [-0.39, 0.29) is 58.2 Å². The van der Waals surface area contributed by atoms with Crippen LogP contribution in [-0.4, -0.2) is 74.3 Å². The van der Waals surface area contributed by atoms with Gasteiger partial charge in [0.15, 0.2) is 0 Å². The van der Waals surface area contributed by atoms with E-state index in [1.807, 2.05) is 12.1 Å². The molecule has 2 aromatic heterocycles. The highest BCUT2D eigenvalue weighted by Gasteiger charge is 2.44. The number of nitrogens with one attached hydrogen (secondary N) is 5. The second kappa shape index (κ2) is 17.0. The van der Waals surface area contributed by atoms with E-state index in [0.717, 1.165) is 35.3 Å². The van der Waals surface area contributed by atoms with Gasteiger partial charge in [-0.15, -0.1) is 0 Å². The van der Waals surface area contributed by atoms with Crippen molar-refractivity contribution in [3.8, 4) is 0 Å². The number of aromatic nitrogens is 2. The van der Waals surface area contributed by atoms with Gasteiger partial charge in [0.1, 0.15) is 29.8 Å². The van der Waals surface area contributed by atoms with Crippen LogP contribution in [0.2, 0.25) is 5.02 Å². The Balaban J connectivity index is 0.855. The molecule has 5 heterocycles. The molecule has 1 unspecified atom stereocenters. The number of amides is 7. The number of halogens is 2. The minimum atomic E-state index is -1.02. The number of carbonyl (C=O) groups excluding carboxylic acids is 7. The first-order chi connectivity index (χ1) is 29.0. The third-order valence-electron chi connectivity index (χ3n) is 10.8. The molecule has 3 aliphatic rings. The van der Waals surface area contributed by atoms with Crippen LogP contribution in [0.3, 0.4) is 0 Å². The molecule has 5 N–H and O–H groups in total. The van der Waals surface area contributed by atoms with Crippen LogP contribution in [0.4, 0.5) is 15.8 Å². The van der Waals surface area contributed by atoms with Crippen molar-refractivity contribution in [1.29, 1.82) is 0 Å². The molecule has 5 aromatic rings. The van der Waals surface area contributed by atoms with E-state index in [4.69, 9.17) is 11.6 Å². The maximum atomic E-state index is 14.5. The highest BCUT2D eigenvalue weighted by atomic mass is 35.5. The topological polar surface area (TPSA) is 201 Å². The number of hydrogen-bond acceptors (Lipinski definition) is 10. The van der Waals surface area contributed by atoms with Crippen LogP contribution >= 0.6 is 23.1 Å². The van der Waals surface area contributed by atoms with Crippen LogP contribution in [-0.2, 0) is 20.9 Å². The average molecular weight is 853 g/mol. The van der Waals surface area contributed by atoms with Crippen molar-refractivity contribution < 1.29 is 38.0 Å². The maximum Gasteiger partial charge on any atom is 0.276 e. The van der Waals surface area contributed by atoms with Crippen molar-refractivity contribution in [1.82, 2.24) is 29.8 Å². The first-order valence-electron chi connectivity index (χ1n) is 19.5. The Hall–Kier alpha value is -6.46. The fourth-order valence-electron chi connectivity index (χ4n) is 7.83. The molecule has 0 spiro atoms. The molecule has 60 heavy (non-hydrogen) atoms. The highest BCUT2D eigenvalue weighted by molar-refractivity contribution is 7.13. The van der Waals surface area contributed by atoms with Crippen molar-refractivity contribution in [3.05, 3.63) is 111 Å². The Morgan fingerprint density at radius 3 is 2.45 bits per heavy atom. The second-order valence-corrected chi connectivity index (χ2v) is 15.9. The molecular formula is C42H38ClFN8O7S. The van der Waals surface area contributed by atoms with Gasteiger partial charge in [0.25, 0.3) is 23.6 Å². The van der Waals surface area contributed by atoms with Gasteiger partial charge in [0, 0.05) is 41.2 Å². The summed E-state index contributed by atoms with van der Waals surface area (Å²) in [5.74, 6) is -4.16. The van der Waals surface area contributed by atoms with Crippen LogP contribution in [0.25, 0.3) is 10.1 Å². The summed E-state index contributed by atoms with van der Waals surface area (Å²) >= 11 is 7.68. The molecule has 308 valence electrons. The standard InChI is InChI=1S/C42H38ClFN8O7S/c43-28-13-10-22(44)18-27(28)35-37-29(47-40(57)36-25-8-4-5-9-32(25)60-50-36)20-31(51(37)21-34(54)48-35)38(55)46-17-7-3-1-2-6-16-45-23-11-12-24-26(19-23)42(59)52(41(24)58)30-14-15-33(53)49-39(30)56/h4-5,8-13,18-20,30,35,45H,1-3,6-7,14-17,21H2,(H,46,55)(H,47,57)(H,48,54)(H,49,53,56)/t30?,35-/m0/s1. The number of fused-ring (bicyclic) bond motifs is 3. The van der Waals surface area contributed by atoms with E-state index in [9.17, 15) is 38.0 Å². The van der Waals surface area contributed by atoms with Gasteiger partial charge in [-0.1, -0.05) is 49.1 Å². The molecule has 1 fully saturated rings. The van der Waals surface area contributed by atoms with Gasteiger partial charge in [0.2, 0.25) is 17.7 Å². The van der Waals surface area contributed by atoms with E-state index >= 15 is 0 Å². The van der Waals surface area contributed by atoms with E-state index < -0.39 is 59.3 Å². The molecule has 0 saturated carbocycles. The van der Waals surface area contributed by atoms with Crippen LogP contribution in [0, 0.1) is 5.82 Å². The quantitative estimate of drug-likeness (QED) is 0.0702. The number of nitrogens with zero attached hydrogens (tertiary/aromatic N) is 3. The minimum absolute atomic E-state index is 0.0510. The van der Waals surface area contributed by atoms with E-state index in [1.165, 1.54) is 40.4 Å². The van der Waals surface area contributed by atoms with Gasteiger partial charge in [-0.2, -0.15) is 4.37 Å². The van der Waals surface area contributed by atoms with Gasteiger partial charge >= 0.3 is 0 Å². The number of carbonyl (C=O) groups is 7. The molecule has 3 aromatic carbocycles. The van der Waals surface area contributed by atoms with Crippen molar-refractivity contribution in [3.63, 3.8) is 0 Å². The van der Waals surface area contributed by atoms with Crippen LogP contribution in [0.1, 0.15) is 104 Å². The first-order valence-corrected chi connectivity index (χ1v) is 20.6. The van der Waals surface area contributed by atoms with E-state index in [2.05, 4.69) is 31.0 Å². The van der Waals surface area contributed by atoms with E-state index in [1.54, 1.807) is 30.3 Å². The van der Waals surface area contributed by atoms with Crippen LogP contribution in [0.5, 0.6) is 0 Å². The molecule has 0 radical (unpaired) electrons. The predicted molar refractivity (Wildman–Crippen MR) is 220 cm³/mol. The number of rotatable bonds is 14. The summed E-state index contributed by atoms with van der Waals surface area (Å²) in [4.78, 5) is 91.3. The largest absolute Gasteiger partial charge is 0.385 e. The lowest BCUT2D eigenvalue weighted by molar-refractivity contribution is -0.136. The Morgan fingerprint density at radius 1 is 0.867 bits per heavy atom. The number of piperidine rings is 1. The molecule has 1 saturated heterocycles. The molecule has 2 atom stereocenters. The zero-order chi connectivity index (χ0) is 42.1. The lowest BCUT2D eigenvalue weighted by Gasteiger charge is -2.29. The summed E-state index contributed by atoms with van der Waals surface area (Å²) in [5.41, 5.74) is 2.31. The number of anilines is 2. The zero-order valence-corrected chi connectivity index (χ0v) is 33.5. The summed E-state index contributed by atoms with van der Waals surface area (Å²) in [7, 11) is 0. The number of hydrogen-bond donors (Lipinski definition) is 5. The first kappa shape index (κ1) is 40.3. The summed E-state index contributed by atoms with van der Waals surface area (Å²) in [6, 6.07) is 15.5. The van der Waals surface area contributed by atoms with Gasteiger partial charge in [-0.05, 0) is 79.3 Å². The summed E-state index contributed by atoms with van der Waals surface area (Å²) in [5, 5.41) is 15.0. The second-order valence-electron chi connectivity index (χ2n) is 14.7. The van der Waals surface area contributed by atoms with Crippen molar-refractivity contribution in [2.75, 3.05) is 23.7 Å². The number of unbranched alkanes of at least 4 members (excludes halogenated alkanes) is 4. The van der Waals surface area contributed by atoms with Crippen molar-refractivity contribution in [2.24, 2.45) is 0 Å². The van der Waals surface area contributed by atoms with Gasteiger partial charge in [-0.25, -0.2) is 4.39 Å². The van der Waals surface area contributed by atoms with Crippen LogP contribution in [0.15, 0.2) is 66.7 Å². The lowest BCUT2D eigenvalue weighted by Crippen LogP contribution is -2.54. The number of imide groups is 2. The molecule has 8 rings (SSSR count). The fourth-order valence-corrected chi connectivity index (χ4v) is 8.83. The predicted octanol–water partition coefficient (Wildman–Crippen LogP) is 5.56. The average Bonchev–Trinajstić information content (AvgIpc) is 3.89. The maximum absolute atomic E-state index is 14.5. The minimum Gasteiger partial charge on any atom is -0.385 e. The Labute approximate surface area is 351 Å². The third-order valence-corrected chi connectivity index (χ3v) is 11.9. The third kappa shape index (κ3) is 7.97. The van der Waals surface area contributed by atoms with Gasteiger partial charge in [-0.3, -0.25) is 43.8 Å². The lowest BCUT2D eigenvalue weighted by atomic mass is 10.0. The van der Waals surface area contributed by atoms with Crippen molar-refractivity contribution >= 4 is 85.9 Å². The van der Waals surface area contributed by atoms with Gasteiger partial charge < -0.3 is 25.8 Å². The smallest absolute Gasteiger partial charge is 0.276 e. The Bertz CT molecular complexity index is 2610. The normalized spacial score (nSPS) is 17.3. The monoisotopic (exact) mass is 852 g/mol. The zero-order valence-electron chi connectivity index (χ0n) is 31.9. The van der Waals surface area contributed by atoms with Gasteiger partial charge in [0.05, 0.1) is 33.2 Å². The molecular weight excluding hydrogens is 815 g/mol. The van der Waals surface area contributed by atoms with Crippen molar-refractivity contribution in [2.45, 2.75) is 63.6 Å². The Kier molecular flexibility index (Phi) is 11.4. The molecule has 0 bridgehead atoms. The summed E-state index contributed by atoms with van der Waals surface area (Å²) in [6.07, 6.45) is 4.23. The van der Waals surface area contributed by atoms with Crippen LogP contribution < -0.4 is 26.6 Å². The molecule has 3 aliphatic heterocycles. The SMILES string of the molecule is O=C1CCC(N2C(=O)c3ccc(NCCCCCCCNC(=O)c4cc(NC(=O)c5nsc6ccccc56)c5n4CC(=O)N[C@H]5c4cc(F)ccc4Cl)cc3C2=O)C(=O)N1. The summed E-state index contributed by atoms with van der Waals surface area (Å²) in [6.45, 7) is 0.750. The highest BCUT2D eigenvalue weighted by Crippen LogP contribution is 2.38. The fraction of sp³-hybridized carbons (Fsp3) is 0.286. The number of benzene rings is 3. The molecule has 15 nitrogen and oxygen atoms in total. The molecule has 18 heteroatoms. The summed E-state index contributed by atoms with van der Waals surface area (Å²) < 4.78 is 21.2. The molecule has 0 aliphatic carbocycles. The molecule has 7 amide bonds. The van der Waals surface area contributed by atoms with E-state index in [0.29, 0.717) is 36.3 Å².